The Morgan fingerprint density at radius 2 is 2.05 bits per heavy atom. The van der Waals surface area contributed by atoms with Crippen LogP contribution in [0.4, 0.5) is 10.5 Å². The Bertz CT molecular complexity index is 657. The zero-order valence-electron chi connectivity index (χ0n) is 10.9. The summed E-state index contributed by atoms with van der Waals surface area (Å²) in [5, 5.41) is 14.2. The fraction of sp³-hybridized carbons (Fsp3) is 0.143. The molecule has 1 aromatic carbocycles. The van der Waals surface area contributed by atoms with Gasteiger partial charge in [-0.2, -0.15) is 0 Å². The van der Waals surface area contributed by atoms with Gasteiger partial charge in [0, 0.05) is 17.1 Å². The van der Waals surface area contributed by atoms with Crippen LogP contribution in [0.15, 0.2) is 40.2 Å². The van der Waals surface area contributed by atoms with Crippen LogP contribution in [-0.4, -0.2) is 23.7 Å². The second-order valence-electron chi connectivity index (χ2n) is 4.22. The topological polar surface area (TPSA) is 78.4 Å². The highest BCUT2D eigenvalue weighted by Crippen LogP contribution is 2.22. The smallest absolute Gasteiger partial charge is 0.335 e. The van der Waals surface area contributed by atoms with Gasteiger partial charge in [0.25, 0.3) is 0 Å². The molecule has 2 aromatic rings. The van der Waals surface area contributed by atoms with E-state index in [2.05, 4.69) is 26.6 Å². The van der Waals surface area contributed by atoms with Crippen LogP contribution in [0.5, 0.6) is 0 Å². The Labute approximate surface area is 134 Å². The van der Waals surface area contributed by atoms with Crippen molar-refractivity contribution in [1.29, 1.82) is 0 Å². The van der Waals surface area contributed by atoms with Crippen molar-refractivity contribution < 1.29 is 14.7 Å². The largest absolute Gasteiger partial charge is 0.478 e. The SMILES string of the molecule is O=C(NCCc1ccc(Br)s1)Nc1cccc(C(=O)O)c1. The standard InChI is InChI=1S/C14H13BrN2O3S/c15-12-5-4-11(21-12)6-7-16-14(20)17-10-3-1-2-9(8-10)13(18)19/h1-5,8H,6-7H2,(H,18,19)(H2,16,17,20). The van der Waals surface area contributed by atoms with Gasteiger partial charge in [0.05, 0.1) is 9.35 Å². The quantitative estimate of drug-likeness (QED) is 0.754. The van der Waals surface area contributed by atoms with E-state index in [0.717, 1.165) is 10.2 Å². The van der Waals surface area contributed by atoms with Crippen molar-refractivity contribution in [3.05, 3.63) is 50.6 Å². The van der Waals surface area contributed by atoms with E-state index in [1.165, 1.54) is 17.0 Å². The van der Waals surface area contributed by atoms with Crippen LogP contribution in [0.3, 0.4) is 0 Å². The third kappa shape index (κ3) is 4.87. The number of carbonyl (C=O) groups excluding carboxylic acids is 1. The highest BCUT2D eigenvalue weighted by Gasteiger charge is 2.06. The van der Waals surface area contributed by atoms with E-state index in [1.807, 2.05) is 12.1 Å². The van der Waals surface area contributed by atoms with Crippen molar-refractivity contribution in [2.24, 2.45) is 0 Å². The molecule has 0 bridgehead atoms. The van der Waals surface area contributed by atoms with Crippen molar-refractivity contribution in [3.63, 3.8) is 0 Å². The Morgan fingerprint density at radius 1 is 1.24 bits per heavy atom. The maximum atomic E-state index is 11.7. The predicted octanol–water partition coefficient (Wildman–Crippen LogP) is 3.57. The molecule has 0 spiro atoms. The lowest BCUT2D eigenvalue weighted by Gasteiger charge is -2.07. The van der Waals surface area contributed by atoms with Crippen LogP contribution >= 0.6 is 27.3 Å². The van der Waals surface area contributed by atoms with Crippen molar-refractivity contribution in [3.8, 4) is 0 Å². The van der Waals surface area contributed by atoms with Gasteiger partial charge >= 0.3 is 12.0 Å². The van der Waals surface area contributed by atoms with Crippen molar-refractivity contribution in [2.75, 3.05) is 11.9 Å². The lowest BCUT2D eigenvalue weighted by molar-refractivity contribution is 0.0697. The van der Waals surface area contributed by atoms with Crippen LogP contribution < -0.4 is 10.6 Å². The second-order valence-corrected chi connectivity index (χ2v) is 6.77. The first-order valence-corrected chi connectivity index (χ1v) is 7.78. The molecule has 110 valence electrons. The molecule has 0 radical (unpaired) electrons. The molecule has 0 saturated heterocycles. The van der Waals surface area contributed by atoms with E-state index in [9.17, 15) is 9.59 Å². The van der Waals surface area contributed by atoms with Gasteiger partial charge in [-0.3, -0.25) is 0 Å². The maximum absolute atomic E-state index is 11.7. The van der Waals surface area contributed by atoms with Gasteiger partial charge in [0.1, 0.15) is 0 Å². The molecule has 0 atom stereocenters. The molecule has 0 aliphatic heterocycles. The summed E-state index contributed by atoms with van der Waals surface area (Å²) in [6, 6.07) is 9.73. The molecular formula is C14H13BrN2O3S. The predicted molar refractivity (Wildman–Crippen MR) is 86.1 cm³/mol. The zero-order valence-corrected chi connectivity index (χ0v) is 13.3. The number of hydrogen-bond acceptors (Lipinski definition) is 3. The first-order valence-electron chi connectivity index (χ1n) is 6.17. The van der Waals surface area contributed by atoms with E-state index in [4.69, 9.17) is 5.11 Å². The summed E-state index contributed by atoms with van der Waals surface area (Å²) in [6.07, 6.45) is 0.749. The van der Waals surface area contributed by atoms with Crippen molar-refractivity contribution >= 4 is 45.0 Å². The van der Waals surface area contributed by atoms with E-state index in [-0.39, 0.29) is 11.6 Å². The first-order chi connectivity index (χ1) is 10.0. The van der Waals surface area contributed by atoms with Gasteiger partial charge in [-0.15, -0.1) is 11.3 Å². The number of carbonyl (C=O) groups is 2. The number of carboxylic acid groups (broad SMARTS) is 1. The monoisotopic (exact) mass is 368 g/mol. The average Bonchev–Trinajstić information content (AvgIpc) is 2.84. The number of aromatic carboxylic acids is 1. The summed E-state index contributed by atoms with van der Waals surface area (Å²) in [7, 11) is 0. The van der Waals surface area contributed by atoms with Crippen LogP contribution in [0.25, 0.3) is 0 Å². The number of carboxylic acids is 1. The molecule has 2 amide bonds. The van der Waals surface area contributed by atoms with Crippen LogP contribution in [0, 0.1) is 0 Å². The third-order valence-electron chi connectivity index (χ3n) is 2.65. The number of hydrogen-bond donors (Lipinski definition) is 3. The zero-order chi connectivity index (χ0) is 15.2. The van der Waals surface area contributed by atoms with Gasteiger partial charge in [-0.05, 0) is 52.7 Å². The summed E-state index contributed by atoms with van der Waals surface area (Å²) in [5.74, 6) is -1.03. The Hall–Kier alpha value is -1.86. The van der Waals surface area contributed by atoms with E-state index in [1.54, 1.807) is 23.5 Å². The van der Waals surface area contributed by atoms with E-state index < -0.39 is 5.97 Å². The normalized spacial score (nSPS) is 10.1. The molecule has 0 saturated carbocycles. The number of urea groups is 1. The molecule has 1 heterocycles. The van der Waals surface area contributed by atoms with E-state index in [0.29, 0.717) is 12.2 Å². The highest BCUT2D eigenvalue weighted by molar-refractivity contribution is 9.11. The summed E-state index contributed by atoms with van der Waals surface area (Å²) in [6.45, 7) is 0.511. The van der Waals surface area contributed by atoms with Gasteiger partial charge < -0.3 is 15.7 Å². The second kappa shape index (κ2) is 7.24. The maximum Gasteiger partial charge on any atom is 0.335 e. The average molecular weight is 369 g/mol. The number of benzene rings is 1. The minimum absolute atomic E-state index is 0.135. The number of rotatable bonds is 5. The Morgan fingerprint density at radius 3 is 2.71 bits per heavy atom. The number of amides is 2. The van der Waals surface area contributed by atoms with E-state index >= 15 is 0 Å². The summed E-state index contributed by atoms with van der Waals surface area (Å²) in [4.78, 5) is 23.7. The molecule has 3 N–H and O–H groups in total. The first kappa shape index (κ1) is 15.5. The molecule has 21 heavy (non-hydrogen) atoms. The van der Waals surface area contributed by atoms with Gasteiger partial charge in [-0.25, -0.2) is 9.59 Å². The van der Waals surface area contributed by atoms with Gasteiger partial charge in [0.2, 0.25) is 0 Å². The Kier molecular flexibility index (Phi) is 5.35. The lowest BCUT2D eigenvalue weighted by atomic mass is 10.2. The molecule has 0 aliphatic carbocycles. The molecule has 0 unspecified atom stereocenters. The van der Waals surface area contributed by atoms with Crippen LogP contribution in [-0.2, 0) is 6.42 Å². The molecule has 0 fully saturated rings. The number of thiophene rings is 1. The fourth-order valence-corrected chi connectivity index (χ4v) is 3.17. The molecule has 1 aromatic heterocycles. The molecule has 7 heteroatoms. The highest BCUT2D eigenvalue weighted by atomic mass is 79.9. The number of nitrogens with one attached hydrogen (secondary N) is 2. The van der Waals surface area contributed by atoms with Gasteiger partial charge in [-0.1, -0.05) is 6.07 Å². The summed E-state index contributed by atoms with van der Waals surface area (Å²) >= 11 is 5.01. The van der Waals surface area contributed by atoms with Crippen molar-refractivity contribution in [1.82, 2.24) is 5.32 Å². The fourth-order valence-electron chi connectivity index (χ4n) is 1.69. The molecule has 2 rings (SSSR count). The number of halogens is 1. The molecule has 5 nitrogen and oxygen atoms in total. The lowest BCUT2D eigenvalue weighted by Crippen LogP contribution is -2.30. The summed E-state index contributed by atoms with van der Waals surface area (Å²) < 4.78 is 1.06. The summed E-state index contributed by atoms with van der Waals surface area (Å²) in [5.41, 5.74) is 0.586. The van der Waals surface area contributed by atoms with Crippen molar-refractivity contribution in [2.45, 2.75) is 6.42 Å². The minimum Gasteiger partial charge on any atom is -0.478 e. The molecular weight excluding hydrogens is 356 g/mol. The minimum atomic E-state index is -1.03. The Balaban J connectivity index is 1.81. The van der Waals surface area contributed by atoms with Crippen LogP contribution in [0.2, 0.25) is 0 Å². The molecule has 0 aliphatic rings. The number of anilines is 1. The van der Waals surface area contributed by atoms with Crippen LogP contribution in [0.1, 0.15) is 15.2 Å². The third-order valence-corrected chi connectivity index (χ3v) is 4.34. The van der Waals surface area contributed by atoms with Gasteiger partial charge in [0.15, 0.2) is 0 Å².